The van der Waals surface area contributed by atoms with Gasteiger partial charge in [0.1, 0.15) is 5.78 Å². The summed E-state index contributed by atoms with van der Waals surface area (Å²) in [7, 11) is 1.66. The second-order valence-electron chi connectivity index (χ2n) is 4.00. The van der Waals surface area contributed by atoms with Crippen molar-refractivity contribution in [3.05, 3.63) is 11.7 Å². The second kappa shape index (κ2) is 6.37. The van der Waals surface area contributed by atoms with Crippen LogP contribution in [0.2, 0.25) is 0 Å². The molecule has 0 spiro atoms. The van der Waals surface area contributed by atoms with Gasteiger partial charge >= 0.3 is 0 Å². The number of ketones is 1. The number of aromatic nitrogens is 2. The van der Waals surface area contributed by atoms with Gasteiger partial charge in [0.15, 0.2) is 5.82 Å². The molecule has 1 rings (SSSR count). The lowest BCUT2D eigenvalue weighted by Crippen LogP contribution is -2.10. The van der Waals surface area contributed by atoms with Crippen molar-refractivity contribution < 1.29 is 14.1 Å². The van der Waals surface area contributed by atoms with Crippen LogP contribution in [-0.2, 0) is 22.4 Å². The third-order valence-corrected chi connectivity index (χ3v) is 2.23. The Bertz CT molecular complexity index is 334. The van der Waals surface area contributed by atoms with E-state index in [9.17, 15) is 4.79 Å². The van der Waals surface area contributed by atoms with Gasteiger partial charge in [-0.3, -0.25) is 4.79 Å². The van der Waals surface area contributed by atoms with Crippen LogP contribution in [0.15, 0.2) is 4.52 Å². The van der Waals surface area contributed by atoms with E-state index < -0.39 is 0 Å². The van der Waals surface area contributed by atoms with Gasteiger partial charge < -0.3 is 9.26 Å². The molecule has 0 aliphatic heterocycles. The first-order chi connectivity index (χ1) is 7.63. The number of rotatable bonds is 7. The third kappa shape index (κ3) is 4.10. The smallest absolute Gasteiger partial charge is 0.234 e. The molecule has 0 amide bonds. The number of methoxy groups -OCH3 is 1. The van der Waals surface area contributed by atoms with Crippen LogP contribution in [0.4, 0.5) is 0 Å². The largest absolute Gasteiger partial charge is 0.385 e. The quantitative estimate of drug-likeness (QED) is 0.658. The van der Waals surface area contributed by atoms with Crippen molar-refractivity contribution in [1.29, 1.82) is 0 Å². The molecule has 0 aromatic carbocycles. The third-order valence-electron chi connectivity index (χ3n) is 2.23. The Balaban J connectivity index is 2.42. The Hall–Kier alpha value is -1.23. The van der Waals surface area contributed by atoms with Gasteiger partial charge in [-0.25, -0.2) is 0 Å². The summed E-state index contributed by atoms with van der Waals surface area (Å²) in [4.78, 5) is 15.6. The molecule has 1 heterocycles. The topological polar surface area (TPSA) is 65.2 Å². The zero-order chi connectivity index (χ0) is 12.0. The van der Waals surface area contributed by atoms with Crippen molar-refractivity contribution >= 4 is 5.78 Å². The number of carbonyl (C=O) groups is 1. The summed E-state index contributed by atoms with van der Waals surface area (Å²) in [6.07, 6.45) is 1.80. The summed E-state index contributed by atoms with van der Waals surface area (Å²) >= 11 is 0. The van der Waals surface area contributed by atoms with Gasteiger partial charge in [0.05, 0.1) is 6.42 Å². The molecule has 0 aliphatic carbocycles. The van der Waals surface area contributed by atoms with Gasteiger partial charge in [0.25, 0.3) is 0 Å². The van der Waals surface area contributed by atoms with E-state index in [4.69, 9.17) is 9.26 Å². The van der Waals surface area contributed by atoms with E-state index in [2.05, 4.69) is 10.1 Å². The van der Waals surface area contributed by atoms with Gasteiger partial charge in [-0.2, -0.15) is 4.98 Å². The van der Waals surface area contributed by atoms with Crippen molar-refractivity contribution in [3.8, 4) is 0 Å². The number of hydrogen-bond acceptors (Lipinski definition) is 5. The molecule has 90 valence electrons. The van der Waals surface area contributed by atoms with Crippen molar-refractivity contribution in [3.63, 3.8) is 0 Å². The van der Waals surface area contributed by atoms with Gasteiger partial charge in [0, 0.05) is 26.1 Å². The molecule has 1 aromatic rings. The zero-order valence-electron chi connectivity index (χ0n) is 10.0. The fourth-order valence-corrected chi connectivity index (χ4v) is 1.19. The van der Waals surface area contributed by atoms with E-state index in [-0.39, 0.29) is 18.1 Å². The summed E-state index contributed by atoms with van der Waals surface area (Å²) < 4.78 is 9.92. The summed E-state index contributed by atoms with van der Waals surface area (Å²) in [5.41, 5.74) is 0. The monoisotopic (exact) mass is 226 g/mol. The van der Waals surface area contributed by atoms with E-state index in [1.807, 2.05) is 13.8 Å². The number of aryl methyl sites for hydroxylation is 1. The fourth-order valence-electron chi connectivity index (χ4n) is 1.19. The average molecular weight is 226 g/mol. The zero-order valence-corrected chi connectivity index (χ0v) is 10.0. The molecular weight excluding hydrogens is 208 g/mol. The maximum Gasteiger partial charge on any atom is 0.234 e. The normalized spacial score (nSPS) is 11.0. The highest BCUT2D eigenvalue weighted by Gasteiger charge is 2.13. The summed E-state index contributed by atoms with van der Waals surface area (Å²) in [5.74, 6) is 1.17. The standard InChI is InChI=1S/C11H18N2O3/c1-8(2)9(14)7-11-12-10(13-16-11)5-4-6-15-3/h8H,4-7H2,1-3H3. The molecule has 0 radical (unpaired) electrons. The first-order valence-corrected chi connectivity index (χ1v) is 5.46. The second-order valence-corrected chi connectivity index (χ2v) is 4.00. The Morgan fingerprint density at radius 3 is 2.88 bits per heavy atom. The summed E-state index contributed by atoms with van der Waals surface area (Å²) in [5, 5.41) is 3.81. The number of hydrogen-bond donors (Lipinski definition) is 0. The molecule has 0 atom stereocenters. The van der Waals surface area contributed by atoms with Crippen LogP contribution in [0.3, 0.4) is 0 Å². The van der Waals surface area contributed by atoms with Crippen molar-refractivity contribution in [2.45, 2.75) is 33.1 Å². The van der Waals surface area contributed by atoms with Crippen molar-refractivity contribution in [2.75, 3.05) is 13.7 Å². The Kier molecular flexibility index (Phi) is 5.11. The van der Waals surface area contributed by atoms with Crippen LogP contribution in [0.25, 0.3) is 0 Å². The van der Waals surface area contributed by atoms with Crippen LogP contribution in [0, 0.1) is 5.92 Å². The number of carbonyl (C=O) groups excluding carboxylic acids is 1. The SMILES string of the molecule is COCCCc1noc(CC(=O)C(C)C)n1. The molecule has 16 heavy (non-hydrogen) atoms. The van der Waals surface area contributed by atoms with Crippen LogP contribution in [0.1, 0.15) is 32.0 Å². The molecule has 0 N–H and O–H groups in total. The van der Waals surface area contributed by atoms with E-state index in [0.29, 0.717) is 24.7 Å². The minimum absolute atomic E-state index is 0.00356. The van der Waals surface area contributed by atoms with E-state index in [0.717, 1.165) is 6.42 Å². The number of nitrogens with zero attached hydrogens (tertiary/aromatic N) is 2. The Morgan fingerprint density at radius 1 is 1.50 bits per heavy atom. The minimum atomic E-state index is 0.00356. The average Bonchev–Trinajstić information content (AvgIpc) is 2.66. The van der Waals surface area contributed by atoms with Crippen LogP contribution < -0.4 is 0 Å². The highest BCUT2D eigenvalue weighted by Crippen LogP contribution is 2.05. The Labute approximate surface area is 95.2 Å². The van der Waals surface area contributed by atoms with E-state index >= 15 is 0 Å². The molecule has 5 heteroatoms. The van der Waals surface area contributed by atoms with E-state index in [1.165, 1.54) is 0 Å². The molecule has 0 saturated carbocycles. The first kappa shape index (κ1) is 12.8. The maximum absolute atomic E-state index is 11.4. The highest BCUT2D eigenvalue weighted by molar-refractivity contribution is 5.81. The van der Waals surface area contributed by atoms with Crippen molar-refractivity contribution in [2.24, 2.45) is 5.92 Å². The minimum Gasteiger partial charge on any atom is -0.385 e. The molecule has 0 unspecified atom stereocenters. The van der Waals surface area contributed by atoms with Crippen molar-refractivity contribution in [1.82, 2.24) is 10.1 Å². The fraction of sp³-hybridized carbons (Fsp3) is 0.727. The predicted molar refractivity (Wildman–Crippen MR) is 58.0 cm³/mol. The van der Waals surface area contributed by atoms with Crippen LogP contribution in [-0.4, -0.2) is 29.6 Å². The molecule has 0 fully saturated rings. The highest BCUT2D eigenvalue weighted by atomic mass is 16.5. The number of ether oxygens (including phenoxy) is 1. The summed E-state index contributed by atoms with van der Waals surface area (Å²) in [6, 6.07) is 0. The van der Waals surface area contributed by atoms with Crippen LogP contribution in [0.5, 0.6) is 0 Å². The van der Waals surface area contributed by atoms with Gasteiger partial charge in [-0.05, 0) is 6.42 Å². The predicted octanol–water partition coefficient (Wildman–Crippen LogP) is 1.42. The first-order valence-electron chi connectivity index (χ1n) is 5.46. The molecule has 5 nitrogen and oxygen atoms in total. The van der Waals surface area contributed by atoms with Gasteiger partial charge in [-0.15, -0.1) is 0 Å². The molecule has 1 aromatic heterocycles. The summed E-state index contributed by atoms with van der Waals surface area (Å²) in [6.45, 7) is 4.39. The van der Waals surface area contributed by atoms with Gasteiger partial charge in [-0.1, -0.05) is 19.0 Å². The number of Topliss-reactive ketones (excluding diaryl/α,β-unsaturated/α-hetero) is 1. The Morgan fingerprint density at radius 2 is 2.25 bits per heavy atom. The van der Waals surface area contributed by atoms with Gasteiger partial charge in [0.2, 0.25) is 5.89 Å². The van der Waals surface area contributed by atoms with Crippen LogP contribution >= 0.6 is 0 Å². The molecule has 0 saturated heterocycles. The molecule has 0 aliphatic rings. The lowest BCUT2D eigenvalue weighted by Gasteiger charge is -1.98. The molecule has 0 bridgehead atoms. The maximum atomic E-state index is 11.4. The van der Waals surface area contributed by atoms with E-state index in [1.54, 1.807) is 7.11 Å². The lowest BCUT2D eigenvalue weighted by atomic mass is 10.1. The lowest BCUT2D eigenvalue weighted by molar-refractivity contribution is -0.121. The molecular formula is C11H18N2O3.